The molecule has 0 bridgehead atoms. The molecule has 16 heavy (non-hydrogen) atoms. The standard InChI is InChI=1S/C7H7N5O3S/c1-3(13)9-5-6(11-15-10-5)12-4(14)2-16-7(12)8/h8H,2H2,1H3,(H,9,10,13). The summed E-state index contributed by atoms with van der Waals surface area (Å²) in [7, 11) is 0. The molecule has 0 unspecified atom stereocenters. The quantitative estimate of drug-likeness (QED) is 0.756. The van der Waals surface area contributed by atoms with Crippen LogP contribution in [0.2, 0.25) is 0 Å². The maximum Gasteiger partial charge on any atom is 0.245 e. The number of hydrogen-bond donors (Lipinski definition) is 2. The van der Waals surface area contributed by atoms with Crippen LogP contribution in [-0.2, 0) is 9.59 Å². The van der Waals surface area contributed by atoms with Crippen molar-refractivity contribution in [1.82, 2.24) is 10.3 Å². The number of anilines is 2. The summed E-state index contributed by atoms with van der Waals surface area (Å²) in [5.41, 5.74) is 0. The second-order valence-corrected chi connectivity index (χ2v) is 3.90. The summed E-state index contributed by atoms with van der Waals surface area (Å²) in [6, 6.07) is 0. The van der Waals surface area contributed by atoms with E-state index in [9.17, 15) is 9.59 Å². The van der Waals surface area contributed by atoms with E-state index in [2.05, 4.69) is 20.3 Å². The zero-order valence-corrected chi connectivity index (χ0v) is 9.00. The molecule has 1 aromatic heterocycles. The van der Waals surface area contributed by atoms with Gasteiger partial charge >= 0.3 is 0 Å². The molecule has 2 rings (SSSR count). The Bertz CT molecular complexity index is 454. The van der Waals surface area contributed by atoms with Gasteiger partial charge in [0, 0.05) is 6.92 Å². The van der Waals surface area contributed by atoms with Crippen LogP contribution in [0, 0.1) is 5.41 Å². The van der Waals surface area contributed by atoms with Crippen molar-refractivity contribution in [2.24, 2.45) is 0 Å². The first-order valence-corrected chi connectivity index (χ1v) is 5.22. The van der Waals surface area contributed by atoms with Crippen molar-refractivity contribution in [2.75, 3.05) is 16.0 Å². The Balaban J connectivity index is 2.33. The smallest absolute Gasteiger partial charge is 0.245 e. The molecule has 0 aliphatic carbocycles. The predicted octanol–water partition coefficient (Wildman–Crippen LogP) is 0.0426. The average Bonchev–Trinajstić information content (AvgIpc) is 2.74. The van der Waals surface area contributed by atoms with E-state index >= 15 is 0 Å². The van der Waals surface area contributed by atoms with E-state index in [-0.39, 0.29) is 34.4 Å². The number of rotatable bonds is 2. The van der Waals surface area contributed by atoms with Gasteiger partial charge in [-0.3, -0.25) is 15.0 Å². The van der Waals surface area contributed by atoms with Crippen LogP contribution < -0.4 is 10.2 Å². The molecule has 0 atom stereocenters. The Labute approximate surface area is 93.8 Å². The highest BCUT2D eigenvalue weighted by atomic mass is 32.2. The Morgan fingerprint density at radius 2 is 2.38 bits per heavy atom. The van der Waals surface area contributed by atoms with E-state index in [0.717, 1.165) is 16.7 Å². The van der Waals surface area contributed by atoms with Gasteiger partial charge in [-0.15, -0.1) is 0 Å². The summed E-state index contributed by atoms with van der Waals surface area (Å²) >= 11 is 1.08. The zero-order valence-electron chi connectivity index (χ0n) is 8.18. The van der Waals surface area contributed by atoms with Gasteiger partial charge in [-0.05, 0) is 10.3 Å². The number of nitrogens with zero attached hydrogens (tertiary/aromatic N) is 3. The normalized spacial score (nSPS) is 15.7. The van der Waals surface area contributed by atoms with Crippen molar-refractivity contribution < 1.29 is 14.2 Å². The number of carbonyl (C=O) groups is 2. The van der Waals surface area contributed by atoms with Crippen LogP contribution in [0.1, 0.15) is 6.92 Å². The molecular weight excluding hydrogens is 234 g/mol. The fraction of sp³-hybridized carbons (Fsp3) is 0.286. The van der Waals surface area contributed by atoms with Crippen molar-refractivity contribution in [1.29, 1.82) is 5.41 Å². The lowest BCUT2D eigenvalue weighted by Crippen LogP contribution is -2.30. The molecule has 84 valence electrons. The molecular formula is C7H7N5O3S. The molecule has 1 saturated heterocycles. The maximum absolute atomic E-state index is 11.5. The summed E-state index contributed by atoms with van der Waals surface area (Å²) in [5.74, 6) is -0.408. The van der Waals surface area contributed by atoms with Gasteiger partial charge in [0.05, 0.1) is 5.75 Å². The molecule has 0 aromatic carbocycles. The third-order valence-corrected chi connectivity index (χ3v) is 2.61. The van der Waals surface area contributed by atoms with Crippen molar-refractivity contribution in [3.63, 3.8) is 0 Å². The van der Waals surface area contributed by atoms with Gasteiger partial charge < -0.3 is 5.32 Å². The summed E-state index contributed by atoms with van der Waals surface area (Å²) in [6.45, 7) is 1.30. The second kappa shape index (κ2) is 3.93. The van der Waals surface area contributed by atoms with Crippen LogP contribution in [0.3, 0.4) is 0 Å². The van der Waals surface area contributed by atoms with Gasteiger partial charge in [-0.2, -0.15) is 0 Å². The number of carbonyl (C=O) groups excluding carboxylic acids is 2. The first-order chi connectivity index (χ1) is 7.59. The first kappa shape index (κ1) is 10.6. The van der Waals surface area contributed by atoms with E-state index < -0.39 is 0 Å². The Hall–Kier alpha value is -1.90. The van der Waals surface area contributed by atoms with E-state index in [1.54, 1.807) is 0 Å². The second-order valence-electron chi connectivity index (χ2n) is 2.94. The topological polar surface area (TPSA) is 112 Å². The number of aromatic nitrogens is 2. The molecule has 8 nitrogen and oxygen atoms in total. The van der Waals surface area contributed by atoms with Gasteiger partial charge in [0.1, 0.15) is 0 Å². The minimum Gasteiger partial charge on any atom is -0.305 e. The fourth-order valence-electron chi connectivity index (χ4n) is 1.16. The number of amidine groups is 1. The molecule has 0 radical (unpaired) electrons. The number of amides is 2. The highest BCUT2D eigenvalue weighted by Crippen LogP contribution is 2.28. The van der Waals surface area contributed by atoms with Gasteiger partial charge in [0.15, 0.2) is 5.17 Å². The largest absolute Gasteiger partial charge is 0.305 e. The molecule has 2 N–H and O–H groups in total. The molecule has 1 aromatic rings. The van der Waals surface area contributed by atoms with E-state index in [4.69, 9.17) is 5.41 Å². The van der Waals surface area contributed by atoms with E-state index in [1.807, 2.05) is 0 Å². The number of nitrogens with one attached hydrogen (secondary N) is 2. The first-order valence-electron chi connectivity index (χ1n) is 4.24. The van der Waals surface area contributed by atoms with E-state index in [1.165, 1.54) is 6.92 Å². The Morgan fingerprint density at radius 3 is 2.94 bits per heavy atom. The SMILES string of the molecule is CC(=O)Nc1nonc1N1C(=N)SCC1=O. The highest BCUT2D eigenvalue weighted by Gasteiger charge is 2.33. The monoisotopic (exact) mass is 241 g/mol. The third-order valence-electron chi connectivity index (χ3n) is 1.76. The Kier molecular flexibility index (Phi) is 2.60. The van der Waals surface area contributed by atoms with Crippen molar-refractivity contribution in [2.45, 2.75) is 6.92 Å². The van der Waals surface area contributed by atoms with E-state index in [0.29, 0.717) is 0 Å². The predicted molar refractivity (Wildman–Crippen MR) is 56.3 cm³/mol. The summed E-state index contributed by atoms with van der Waals surface area (Å²) in [6.07, 6.45) is 0. The third kappa shape index (κ3) is 1.76. The summed E-state index contributed by atoms with van der Waals surface area (Å²) < 4.78 is 4.44. The maximum atomic E-state index is 11.5. The number of hydrogen-bond acceptors (Lipinski definition) is 7. The van der Waals surface area contributed by atoms with Crippen LogP contribution in [-0.4, -0.2) is 33.0 Å². The molecule has 1 aliphatic rings. The molecule has 0 saturated carbocycles. The average molecular weight is 241 g/mol. The van der Waals surface area contributed by atoms with Crippen LogP contribution in [0.4, 0.5) is 11.6 Å². The van der Waals surface area contributed by atoms with Gasteiger partial charge in [-0.25, -0.2) is 9.53 Å². The highest BCUT2D eigenvalue weighted by molar-refractivity contribution is 8.15. The molecule has 1 aliphatic heterocycles. The lowest BCUT2D eigenvalue weighted by molar-refractivity contribution is -0.115. The molecule has 9 heteroatoms. The van der Waals surface area contributed by atoms with Crippen molar-refractivity contribution in [3.05, 3.63) is 0 Å². The molecule has 2 heterocycles. The van der Waals surface area contributed by atoms with Crippen LogP contribution in [0.5, 0.6) is 0 Å². The van der Waals surface area contributed by atoms with Gasteiger partial charge in [-0.1, -0.05) is 11.8 Å². The minimum atomic E-state index is -0.359. The van der Waals surface area contributed by atoms with Gasteiger partial charge in [0.25, 0.3) is 0 Å². The zero-order chi connectivity index (χ0) is 11.7. The minimum absolute atomic E-state index is 0.0345. The fourth-order valence-corrected chi connectivity index (χ4v) is 1.87. The van der Waals surface area contributed by atoms with Gasteiger partial charge in [0.2, 0.25) is 23.5 Å². The van der Waals surface area contributed by atoms with Crippen molar-refractivity contribution in [3.8, 4) is 0 Å². The lowest BCUT2D eigenvalue weighted by Gasteiger charge is -2.10. The molecule has 2 amide bonds. The molecule has 1 fully saturated rings. The molecule has 0 spiro atoms. The van der Waals surface area contributed by atoms with Crippen LogP contribution in [0.25, 0.3) is 0 Å². The summed E-state index contributed by atoms with van der Waals surface area (Å²) in [4.78, 5) is 23.4. The Morgan fingerprint density at radius 1 is 1.62 bits per heavy atom. The van der Waals surface area contributed by atoms with Crippen LogP contribution in [0.15, 0.2) is 4.63 Å². The van der Waals surface area contributed by atoms with Crippen molar-refractivity contribution >= 4 is 40.4 Å². The summed E-state index contributed by atoms with van der Waals surface area (Å²) in [5, 5.41) is 16.9. The number of thioether (sulfide) groups is 1. The van der Waals surface area contributed by atoms with Crippen LogP contribution >= 0.6 is 11.8 Å². The lowest BCUT2D eigenvalue weighted by atomic mass is 10.5.